The number of hydrogen-bond donors (Lipinski definition) is 1. The number of nitrogens with one attached hydrogen (secondary N) is 1. The highest BCUT2D eigenvalue weighted by atomic mass is 32.1. The number of fused-ring (bicyclic) bond motifs is 1. The maximum Gasteiger partial charge on any atom is 0.417 e. The topological polar surface area (TPSA) is 77.5 Å². The van der Waals surface area contributed by atoms with Gasteiger partial charge in [0.1, 0.15) is 10.4 Å². The molecule has 3 unspecified atom stereocenters. The highest BCUT2D eigenvalue weighted by Crippen LogP contribution is 2.51. The Morgan fingerprint density at radius 1 is 1.08 bits per heavy atom. The van der Waals surface area contributed by atoms with Crippen molar-refractivity contribution >= 4 is 23.3 Å². The highest BCUT2D eigenvalue weighted by molar-refractivity contribution is 7.09. The molecule has 1 N–H and O–H groups in total. The van der Waals surface area contributed by atoms with Gasteiger partial charge in [0, 0.05) is 23.3 Å². The van der Waals surface area contributed by atoms with Gasteiger partial charge in [-0.1, -0.05) is 36.4 Å². The van der Waals surface area contributed by atoms with Crippen molar-refractivity contribution in [3.05, 3.63) is 87.5 Å². The number of allylic oxidation sites excluding steroid dienone is 1. The van der Waals surface area contributed by atoms with Crippen LogP contribution >= 0.6 is 11.3 Å². The first-order valence-corrected chi connectivity index (χ1v) is 13.4. The van der Waals surface area contributed by atoms with E-state index in [0.717, 1.165) is 17.2 Å². The number of thiazole rings is 1. The van der Waals surface area contributed by atoms with E-state index in [-0.39, 0.29) is 25.2 Å². The molecule has 0 radical (unpaired) electrons. The zero-order chi connectivity index (χ0) is 28.4. The maximum absolute atomic E-state index is 13.6. The summed E-state index contributed by atoms with van der Waals surface area (Å²) in [6.07, 6.45) is -2.48. The quantitative estimate of drug-likeness (QED) is 0.282. The number of alkyl halides is 3. The largest absolute Gasteiger partial charge is 0.465 e. The summed E-state index contributed by atoms with van der Waals surface area (Å²) in [6, 6.07) is 13.3. The predicted molar refractivity (Wildman–Crippen MR) is 142 cm³/mol. The van der Waals surface area contributed by atoms with Crippen LogP contribution in [-0.4, -0.2) is 36.2 Å². The van der Waals surface area contributed by atoms with E-state index in [2.05, 4.69) is 10.3 Å². The van der Waals surface area contributed by atoms with Crippen molar-refractivity contribution < 1.29 is 32.2 Å². The Hall–Kier alpha value is -3.66. The van der Waals surface area contributed by atoms with Crippen molar-refractivity contribution in [2.24, 2.45) is 0 Å². The second kappa shape index (κ2) is 11.2. The van der Waals surface area contributed by atoms with Gasteiger partial charge in [-0.3, -0.25) is 4.79 Å². The van der Waals surface area contributed by atoms with Crippen LogP contribution in [0.1, 0.15) is 49.7 Å². The Labute approximate surface area is 228 Å². The van der Waals surface area contributed by atoms with Crippen LogP contribution in [0.15, 0.2) is 71.4 Å². The van der Waals surface area contributed by atoms with E-state index < -0.39 is 29.0 Å². The molecule has 39 heavy (non-hydrogen) atoms. The average Bonchev–Trinajstić information content (AvgIpc) is 3.26. The maximum atomic E-state index is 13.6. The lowest BCUT2D eigenvalue weighted by atomic mass is 9.61. The molecule has 0 bridgehead atoms. The molecule has 3 aliphatic rings. The predicted octanol–water partition coefficient (Wildman–Crippen LogP) is 6.24. The van der Waals surface area contributed by atoms with Crippen LogP contribution in [0, 0.1) is 0 Å². The summed E-state index contributed by atoms with van der Waals surface area (Å²) < 4.78 is 46.6. The summed E-state index contributed by atoms with van der Waals surface area (Å²) in [4.78, 5) is 31.1. The monoisotopic (exact) mass is 558 g/mol. The van der Waals surface area contributed by atoms with Crippen LogP contribution in [0.25, 0.3) is 11.1 Å². The van der Waals surface area contributed by atoms with Gasteiger partial charge in [-0.25, -0.2) is 9.78 Å². The van der Waals surface area contributed by atoms with E-state index in [1.165, 1.54) is 23.5 Å². The first-order valence-electron chi connectivity index (χ1n) is 12.5. The number of carbonyl (C=O) groups is 2. The Bertz CT molecular complexity index is 1370. The van der Waals surface area contributed by atoms with E-state index in [4.69, 9.17) is 9.47 Å². The highest BCUT2D eigenvalue weighted by Gasteiger charge is 2.59. The lowest BCUT2D eigenvalue weighted by molar-refractivity contribution is -0.153. The molecule has 0 spiro atoms. The van der Waals surface area contributed by atoms with Gasteiger partial charge in [0.25, 0.3) is 0 Å². The van der Waals surface area contributed by atoms with Gasteiger partial charge < -0.3 is 14.8 Å². The molecule has 0 fully saturated rings. The number of ether oxygens (including phenoxy) is 2. The molecule has 2 aromatic rings. The van der Waals surface area contributed by atoms with Crippen LogP contribution in [0.4, 0.5) is 13.2 Å². The standard InChI is InChI=1S/C22H26N2O4S.C7H3F3/c1-5-27-20(25)17-14(3)24-15(4)22(21(26)28-6-2,16-10-8-7-9-11-16)18(17)19-23-12-13-29-19;8-7(9,10)6-2-1-4-3-5(4)6/h7-13,15,18,24H,5-6H2,1-4H3;1-3H. The minimum atomic E-state index is -4.17. The molecule has 3 atom stereocenters. The Balaban J connectivity index is 0.000000292. The first-order chi connectivity index (χ1) is 18.6. The fourth-order valence-electron chi connectivity index (χ4n) is 5.18. The van der Waals surface area contributed by atoms with Crippen LogP contribution < -0.4 is 5.32 Å². The van der Waals surface area contributed by atoms with Gasteiger partial charge in [-0.2, -0.15) is 13.2 Å². The summed E-state index contributed by atoms with van der Waals surface area (Å²) in [6.45, 7) is 7.80. The molecule has 1 aliphatic heterocycles. The minimum absolute atomic E-state index is 0.238. The van der Waals surface area contributed by atoms with Crippen molar-refractivity contribution in [3.8, 4) is 11.1 Å². The molecule has 1 aromatic carbocycles. The molecule has 2 aliphatic carbocycles. The van der Waals surface area contributed by atoms with Crippen LogP contribution in [0.3, 0.4) is 0 Å². The summed E-state index contributed by atoms with van der Waals surface area (Å²) in [7, 11) is 0. The average molecular weight is 559 g/mol. The molecule has 6 nitrogen and oxygen atoms in total. The minimum Gasteiger partial charge on any atom is -0.465 e. The number of halogens is 3. The van der Waals surface area contributed by atoms with Gasteiger partial charge in [-0.05, 0) is 56.5 Å². The third-order valence-electron chi connectivity index (χ3n) is 6.88. The van der Waals surface area contributed by atoms with Crippen molar-refractivity contribution in [2.75, 3.05) is 13.2 Å². The third-order valence-corrected chi connectivity index (χ3v) is 7.72. The molecule has 5 rings (SSSR count). The lowest BCUT2D eigenvalue weighted by Crippen LogP contribution is -2.60. The Kier molecular flexibility index (Phi) is 8.15. The fourth-order valence-corrected chi connectivity index (χ4v) is 6.00. The Morgan fingerprint density at radius 3 is 2.26 bits per heavy atom. The van der Waals surface area contributed by atoms with Gasteiger partial charge in [-0.15, -0.1) is 11.3 Å². The van der Waals surface area contributed by atoms with Crippen molar-refractivity contribution in [1.82, 2.24) is 10.3 Å². The molecule has 2 heterocycles. The Morgan fingerprint density at radius 2 is 1.77 bits per heavy atom. The normalized spacial score (nSPS) is 21.3. The van der Waals surface area contributed by atoms with E-state index in [9.17, 15) is 22.8 Å². The third kappa shape index (κ3) is 5.30. The second-order valence-electron chi connectivity index (χ2n) is 9.14. The fraction of sp³-hybridized carbons (Fsp3) is 0.345. The van der Waals surface area contributed by atoms with Crippen molar-refractivity contribution in [1.29, 1.82) is 0 Å². The van der Waals surface area contributed by atoms with Crippen molar-refractivity contribution in [2.45, 2.75) is 51.2 Å². The number of rotatable bonds is 6. The number of carbonyl (C=O) groups excluding carboxylic acids is 2. The van der Waals surface area contributed by atoms with E-state index in [1.54, 1.807) is 20.0 Å². The molecule has 0 saturated heterocycles. The molecule has 206 valence electrons. The van der Waals surface area contributed by atoms with E-state index in [1.807, 2.05) is 49.6 Å². The van der Waals surface area contributed by atoms with Crippen LogP contribution in [0.2, 0.25) is 0 Å². The molecule has 10 heteroatoms. The number of nitrogens with zero attached hydrogens (tertiary/aromatic N) is 1. The van der Waals surface area contributed by atoms with E-state index >= 15 is 0 Å². The van der Waals surface area contributed by atoms with Gasteiger partial charge in [0.15, 0.2) is 0 Å². The number of esters is 2. The smallest absolute Gasteiger partial charge is 0.417 e. The molecule has 0 amide bonds. The van der Waals surface area contributed by atoms with Crippen LogP contribution in [-0.2, 0) is 30.7 Å². The van der Waals surface area contributed by atoms with E-state index in [0.29, 0.717) is 21.8 Å². The number of benzene rings is 2. The van der Waals surface area contributed by atoms with Crippen LogP contribution in [0.5, 0.6) is 0 Å². The molecule has 0 saturated carbocycles. The second-order valence-corrected chi connectivity index (χ2v) is 10.1. The molecular weight excluding hydrogens is 529 g/mol. The molecular formula is C29H29F3N2O4S. The van der Waals surface area contributed by atoms with Gasteiger partial charge in [0.2, 0.25) is 0 Å². The number of aromatic nitrogens is 1. The van der Waals surface area contributed by atoms with Gasteiger partial charge in [0.05, 0.1) is 30.3 Å². The summed E-state index contributed by atoms with van der Waals surface area (Å²) in [5, 5.41) is 5.87. The zero-order valence-corrected chi connectivity index (χ0v) is 22.8. The van der Waals surface area contributed by atoms with Crippen molar-refractivity contribution in [3.63, 3.8) is 0 Å². The number of hydrogen-bond acceptors (Lipinski definition) is 7. The zero-order valence-electron chi connectivity index (χ0n) is 22.0. The summed E-state index contributed by atoms with van der Waals surface area (Å²) >= 11 is 1.42. The van der Waals surface area contributed by atoms with Gasteiger partial charge >= 0.3 is 18.1 Å². The SMILES string of the molecule is CCOC(=O)C1=C(C)NC(C)C(C(=O)OCC)(c2ccccc2)C1c1nccs1.FC(F)(F)c1ccc2cc1-2. The molecule has 1 aromatic heterocycles. The summed E-state index contributed by atoms with van der Waals surface area (Å²) in [5.41, 5.74) is 1.30. The lowest BCUT2D eigenvalue weighted by Gasteiger charge is -2.47. The first kappa shape index (κ1) is 28.4. The summed E-state index contributed by atoms with van der Waals surface area (Å²) in [5.74, 6) is -1.46.